The van der Waals surface area contributed by atoms with Crippen LogP contribution in [0.5, 0.6) is 5.75 Å². The summed E-state index contributed by atoms with van der Waals surface area (Å²) in [6.07, 6.45) is 4.06. The van der Waals surface area contributed by atoms with Crippen LogP contribution in [0.4, 0.5) is 21.5 Å². The van der Waals surface area contributed by atoms with Gasteiger partial charge in [0.05, 0.1) is 23.5 Å². The van der Waals surface area contributed by atoms with Crippen molar-refractivity contribution < 1.29 is 18.7 Å². The third-order valence-electron chi connectivity index (χ3n) is 4.92. The largest absolute Gasteiger partial charge is 0.489 e. The molecule has 0 saturated heterocycles. The number of nitrogens with two attached hydrogens (primary N) is 2. The Morgan fingerprint density at radius 2 is 1.93 bits per heavy atom. The first-order chi connectivity index (χ1) is 14.5. The lowest BCUT2D eigenvalue weighted by atomic mass is 10.1. The van der Waals surface area contributed by atoms with Gasteiger partial charge in [-0.1, -0.05) is 12.1 Å². The standard InChI is InChI=1S/C22H27FN4O3/c23-16-7-5-14(6-8-16)12-27-20-18(24)11-17(22(25)29)19(26-9-1-2-10-28)21(20)30-13-15-3-4-15/h5-8,10-11,15,26-27H,1-4,9,12-13,24H2,(H2,25,29). The Hall–Kier alpha value is -3.29. The first-order valence-corrected chi connectivity index (χ1v) is 10.0. The van der Waals surface area contributed by atoms with E-state index < -0.39 is 5.91 Å². The molecule has 6 N–H and O–H groups in total. The quantitative estimate of drug-likeness (QED) is 0.240. The molecule has 0 aromatic heterocycles. The van der Waals surface area contributed by atoms with Crippen molar-refractivity contribution in [2.24, 2.45) is 11.7 Å². The van der Waals surface area contributed by atoms with E-state index >= 15 is 0 Å². The van der Waals surface area contributed by atoms with E-state index in [1.807, 2.05) is 0 Å². The molecule has 2 aromatic carbocycles. The minimum atomic E-state index is -0.624. The maximum atomic E-state index is 13.2. The highest BCUT2D eigenvalue weighted by Gasteiger charge is 2.26. The SMILES string of the molecule is NC(=O)c1cc(N)c(NCc2ccc(F)cc2)c(OCC2CC2)c1NCCCC=O. The minimum Gasteiger partial charge on any atom is -0.489 e. The summed E-state index contributed by atoms with van der Waals surface area (Å²) < 4.78 is 19.3. The normalized spacial score (nSPS) is 13.0. The van der Waals surface area contributed by atoms with Crippen LogP contribution in [-0.2, 0) is 11.3 Å². The van der Waals surface area contributed by atoms with Crippen LogP contribution in [0.3, 0.4) is 0 Å². The maximum absolute atomic E-state index is 13.2. The van der Waals surface area contributed by atoms with Crippen LogP contribution in [0.15, 0.2) is 30.3 Å². The van der Waals surface area contributed by atoms with Crippen LogP contribution in [0.25, 0.3) is 0 Å². The molecule has 3 rings (SSSR count). The summed E-state index contributed by atoms with van der Waals surface area (Å²) in [7, 11) is 0. The van der Waals surface area contributed by atoms with E-state index in [0.717, 1.165) is 24.7 Å². The molecule has 0 heterocycles. The summed E-state index contributed by atoms with van der Waals surface area (Å²) >= 11 is 0. The number of amides is 1. The molecule has 1 aliphatic rings. The Kier molecular flexibility index (Phi) is 7.11. The number of ether oxygens (including phenoxy) is 1. The van der Waals surface area contributed by atoms with Crippen LogP contribution in [0.1, 0.15) is 41.6 Å². The lowest BCUT2D eigenvalue weighted by Gasteiger charge is -2.22. The van der Waals surface area contributed by atoms with Gasteiger partial charge in [-0.05, 0) is 48.9 Å². The average Bonchev–Trinajstić information content (AvgIpc) is 3.55. The van der Waals surface area contributed by atoms with Crippen LogP contribution in [0, 0.1) is 11.7 Å². The Bertz CT molecular complexity index is 898. The topological polar surface area (TPSA) is 119 Å². The first kappa shape index (κ1) is 21.4. The molecule has 30 heavy (non-hydrogen) atoms. The molecule has 1 saturated carbocycles. The summed E-state index contributed by atoms with van der Waals surface area (Å²) in [6, 6.07) is 7.66. The molecule has 0 atom stereocenters. The molecule has 1 amide bonds. The first-order valence-electron chi connectivity index (χ1n) is 10.0. The summed E-state index contributed by atoms with van der Waals surface area (Å²) in [5.41, 5.74) is 14.2. The molecule has 2 aromatic rings. The van der Waals surface area contributed by atoms with E-state index in [-0.39, 0.29) is 11.4 Å². The number of benzene rings is 2. The number of nitrogens with one attached hydrogen (secondary N) is 2. The van der Waals surface area contributed by atoms with Crippen molar-refractivity contribution in [1.29, 1.82) is 0 Å². The van der Waals surface area contributed by atoms with Gasteiger partial charge in [-0.15, -0.1) is 0 Å². The summed E-state index contributed by atoms with van der Waals surface area (Å²) in [4.78, 5) is 22.7. The third-order valence-corrected chi connectivity index (χ3v) is 4.92. The van der Waals surface area contributed by atoms with Crippen LogP contribution in [0.2, 0.25) is 0 Å². The molecule has 7 nitrogen and oxygen atoms in total. The number of carbonyl (C=O) groups is 2. The number of primary amides is 1. The molecule has 0 spiro atoms. The number of hydrogen-bond donors (Lipinski definition) is 4. The predicted molar refractivity (Wildman–Crippen MR) is 115 cm³/mol. The van der Waals surface area contributed by atoms with Crippen molar-refractivity contribution in [1.82, 2.24) is 0 Å². The molecule has 160 valence electrons. The van der Waals surface area contributed by atoms with E-state index in [0.29, 0.717) is 61.3 Å². The lowest BCUT2D eigenvalue weighted by Crippen LogP contribution is -2.18. The predicted octanol–water partition coefficient (Wildman–Crippen LogP) is 3.30. The number of hydrogen-bond acceptors (Lipinski definition) is 6. The Balaban J connectivity index is 1.91. The van der Waals surface area contributed by atoms with Gasteiger partial charge in [0.2, 0.25) is 0 Å². The summed E-state index contributed by atoms with van der Waals surface area (Å²) in [5.74, 6) is -0.0134. The van der Waals surface area contributed by atoms with Crippen molar-refractivity contribution in [3.8, 4) is 5.75 Å². The smallest absolute Gasteiger partial charge is 0.251 e. The van der Waals surface area contributed by atoms with Gasteiger partial charge >= 0.3 is 0 Å². The van der Waals surface area contributed by atoms with E-state index in [4.69, 9.17) is 16.2 Å². The summed E-state index contributed by atoms with van der Waals surface area (Å²) in [6.45, 7) is 1.38. The molecule has 0 unspecified atom stereocenters. The van der Waals surface area contributed by atoms with Gasteiger partial charge in [-0.25, -0.2) is 4.39 Å². The number of unbranched alkanes of at least 4 members (excludes halogenated alkanes) is 1. The van der Waals surface area contributed by atoms with Gasteiger partial charge in [0.25, 0.3) is 5.91 Å². The number of halogens is 1. The fourth-order valence-corrected chi connectivity index (χ4v) is 3.05. The van der Waals surface area contributed by atoms with Crippen molar-refractivity contribution in [2.75, 3.05) is 29.5 Å². The van der Waals surface area contributed by atoms with Crippen molar-refractivity contribution in [3.05, 3.63) is 47.3 Å². The van der Waals surface area contributed by atoms with Gasteiger partial charge < -0.3 is 31.6 Å². The van der Waals surface area contributed by atoms with Gasteiger partial charge in [-0.2, -0.15) is 0 Å². The zero-order valence-electron chi connectivity index (χ0n) is 16.7. The van der Waals surface area contributed by atoms with Gasteiger partial charge in [0.1, 0.15) is 17.8 Å². The molecule has 1 aliphatic carbocycles. The van der Waals surface area contributed by atoms with Crippen molar-refractivity contribution in [3.63, 3.8) is 0 Å². The van der Waals surface area contributed by atoms with E-state index in [9.17, 15) is 14.0 Å². The molecule has 0 aliphatic heterocycles. The molecule has 0 radical (unpaired) electrons. The Morgan fingerprint density at radius 1 is 1.20 bits per heavy atom. The fraction of sp³-hybridized carbons (Fsp3) is 0.364. The van der Waals surface area contributed by atoms with Gasteiger partial charge in [0, 0.05) is 19.5 Å². The molecule has 0 bridgehead atoms. The highest BCUT2D eigenvalue weighted by atomic mass is 19.1. The lowest BCUT2D eigenvalue weighted by molar-refractivity contribution is -0.107. The zero-order valence-corrected chi connectivity index (χ0v) is 16.7. The summed E-state index contributed by atoms with van der Waals surface area (Å²) in [5, 5.41) is 6.43. The van der Waals surface area contributed by atoms with Crippen molar-refractivity contribution >= 4 is 29.3 Å². The minimum absolute atomic E-state index is 0.233. The maximum Gasteiger partial charge on any atom is 0.251 e. The molecular weight excluding hydrogens is 387 g/mol. The van der Waals surface area contributed by atoms with E-state index in [1.54, 1.807) is 12.1 Å². The number of rotatable bonds is 12. The number of nitrogen functional groups attached to an aromatic ring is 1. The van der Waals surface area contributed by atoms with Gasteiger partial charge in [0.15, 0.2) is 5.75 Å². The monoisotopic (exact) mass is 414 g/mol. The highest BCUT2D eigenvalue weighted by molar-refractivity contribution is 6.04. The van der Waals surface area contributed by atoms with Crippen LogP contribution >= 0.6 is 0 Å². The molecule has 1 fully saturated rings. The van der Waals surface area contributed by atoms with E-state index in [2.05, 4.69) is 10.6 Å². The second-order valence-corrected chi connectivity index (χ2v) is 7.43. The van der Waals surface area contributed by atoms with Gasteiger partial charge in [-0.3, -0.25) is 4.79 Å². The van der Waals surface area contributed by atoms with Crippen molar-refractivity contribution in [2.45, 2.75) is 32.2 Å². The average molecular weight is 414 g/mol. The zero-order chi connectivity index (χ0) is 21.5. The number of aldehydes is 1. The van der Waals surface area contributed by atoms with E-state index in [1.165, 1.54) is 18.2 Å². The Morgan fingerprint density at radius 3 is 2.57 bits per heavy atom. The Labute approximate surface area is 175 Å². The third kappa shape index (κ3) is 5.62. The number of anilines is 3. The fourth-order valence-electron chi connectivity index (χ4n) is 3.05. The van der Waals surface area contributed by atoms with Crippen LogP contribution in [-0.4, -0.2) is 25.3 Å². The second kappa shape index (κ2) is 9.96. The van der Waals surface area contributed by atoms with Crippen LogP contribution < -0.4 is 26.8 Å². The second-order valence-electron chi connectivity index (χ2n) is 7.43. The molecule has 8 heteroatoms. The molecular formula is C22H27FN4O3. The highest BCUT2D eigenvalue weighted by Crippen LogP contribution is 2.43. The number of carbonyl (C=O) groups excluding carboxylic acids is 2.